The molecule has 1 N–H and O–H groups in total. The number of hydrogen-bond acceptors (Lipinski definition) is 2. The molecular weight excluding hydrogens is 387 g/mol. The van der Waals surface area contributed by atoms with E-state index in [1.54, 1.807) is 11.0 Å². The lowest BCUT2D eigenvalue weighted by Crippen LogP contribution is -2.29. The molecule has 25 heavy (non-hydrogen) atoms. The van der Waals surface area contributed by atoms with Crippen molar-refractivity contribution < 1.29 is 14.0 Å². The number of hydrogen-bond donors (Lipinski definition) is 1. The molecule has 1 fully saturated rings. The Morgan fingerprint density at radius 2 is 2.08 bits per heavy atom. The maximum Gasteiger partial charge on any atom is 0.229 e. The van der Waals surface area contributed by atoms with Gasteiger partial charge in [-0.3, -0.25) is 9.59 Å². The number of carbonyl (C=O) groups excluding carboxylic acids is 2. The molecule has 6 heteroatoms. The summed E-state index contributed by atoms with van der Waals surface area (Å²) in [5.74, 6) is -1.44. The number of nitrogens with one attached hydrogen (secondary N) is 1. The van der Waals surface area contributed by atoms with Gasteiger partial charge in [-0.15, -0.1) is 0 Å². The fraction of sp³-hybridized carbons (Fsp3) is 0.263. The van der Waals surface area contributed by atoms with E-state index in [-0.39, 0.29) is 23.9 Å². The van der Waals surface area contributed by atoms with Crippen LogP contribution >= 0.6 is 15.9 Å². The van der Waals surface area contributed by atoms with Crippen LogP contribution in [-0.2, 0) is 16.0 Å². The summed E-state index contributed by atoms with van der Waals surface area (Å²) in [6, 6.07) is 12.1. The Morgan fingerprint density at radius 1 is 1.32 bits per heavy atom. The summed E-state index contributed by atoms with van der Waals surface area (Å²) in [6.45, 7) is 2.33. The summed E-state index contributed by atoms with van der Waals surface area (Å²) in [7, 11) is 0. The van der Waals surface area contributed by atoms with Gasteiger partial charge in [-0.2, -0.15) is 0 Å². The van der Waals surface area contributed by atoms with E-state index in [1.807, 2.05) is 31.2 Å². The zero-order chi connectivity index (χ0) is 18.0. The number of rotatable bonds is 4. The maximum atomic E-state index is 13.9. The van der Waals surface area contributed by atoms with Crippen molar-refractivity contribution in [3.8, 4) is 0 Å². The highest BCUT2D eigenvalue weighted by molar-refractivity contribution is 9.10. The predicted molar refractivity (Wildman–Crippen MR) is 99.0 cm³/mol. The van der Waals surface area contributed by atoms with Gasteiger partial charge in [-0.05, 0) is 36.2 Å². The van der Waals surface area contributed by atoms with Gasteiger partial charge in [0, 0.05) is 23.1 Å². The molecule has 2 aromatic carbocycles. The molecule has 130 valence electrons. The van der Waals surface area contributed by atoms with E-state index in [9.17, 15) is 14.0 Å². The lowest BCUT2D eigenvalue weighted by molar-refractivity contribution is -0.122. The van der Waals surface area contributed by atoms with Crippen LogP contribution in [0.5, 0.6) is 0 Å². The van der Waals surface area contributed by atoms with Crippen LogP contribution in [0.25, 0.3) is 0 Å². The van der Waals surface area contributed by atoms with E-state index >= 15 is 0 Å². The maximum absolute atomic E-state index is 13.9. The minimum absolute atomic E-state index is 0.0858. The summed E-state index contributed by atoms with van der Waals surface area (Å²) >= 11 is 3.18. The number of nitrogens with zero attached hydrogens (tertiary/aromatic N) is 1. The van der Waals surface area contributed by atoms with Crippen LogP contribution in [0.2, 0.25) is 0 Å². The van der Waals surface area contributed by atoms with E-state index in [2.05, 4.69) is 21.2 Å². The summed E-state index contributed by atoms with van der Waals surface area (Å²) in [6.07, 6.45) is 0.933. The standard InChI is InChI=1S/C19H18BrFN2O2/c1-2-12-5-3-4-6-17(12)23-11-13(9-18(23)24)19(25)22-16-8-7-14(20)10-15(16)21/h3-8,10,13H,2,9,11H2,1H3,(H,22,25). The van der Waals surface area contributed by atoms with E-state index in [0.29, 0.717) is 11.0 Å². The molecule has 0 aliphatic carbocycles. The molecule has 0 saturated carbocycles. The summed E-state index contributed by atoms with van der Waals surface area (Å²) in [5, 5.41) is 2.59. The van der Waals surface area contributed by atoms with Gasteiger partial charge >= 0.3 is 0 Å². The topological polar surface area (TPSA) is 49.4 Å². The molecule has 3 rings (SSSR count). The fourth-order valence-electron chi connectivity index (χ4n) is 3.01. The second-order valence-electron chi connectivity index (χ2n) is 6.00. The third-order valence-electron chi connectivity index (χ3n) is 4.35. The molecular formula is C19H18BrFN2O2. The molecule has 1 heterocycles. The van der Waals surface area contributed by atoms with Crippen LogP contribution < -0.4 is 10.2 Å². The molecule has 1 aliphatic rings. The van der Waals surface area contributed by atoms with Crippen LogP contribution in [0.15, 0.2) is 46.9 Å². The SMILES string of the molecule is CCc1ccccc1N1CC(C(=O)Nc2ccc(Br)cc2F)CC1=O. The Balaban J connectivity index is 1.74. The molecule has 1 unspecified atom stereocenters. The van der Waals surface area contributed by atoms with Crippen molar-refractivity contribution in [1.82, 2.24) is 0 Å². The Morgan fingerprint density at radius 3 is 2.80 bits per heavy atom. The third-order valence-corrected chi connectivity index (χ3v) is 4.84. The van der Waals surface area contributed by atoms with Crippen molar-refractivity contribution in [3.05, 3.63) is 58.3 Å². The molecule has 0 spiro atoms. The van der Waals surface area contributed by atoms with Crippen molar-refractivity contribution in [2.45, 2.75) is 19.8 Å². The van der Waals surface area contributed by atoms with Crippen molar-refractivity contribution >= 4 is 39.1 Å². The second-order valence-corrected chi connectivity index (χ2v) is 6.92. The zero-order valence-corrected chi connectivity index (χ0v) is 15.3. The van der Waals surface area contributed by atoms with Gasteiger partial charge in [0.2, 0.25) is 11.8 Å². The van der Waals surface area contributed by atoms with E-state index in [1.165, 1.54) is 12.1 Å². The molecule has 2 aromatic rings. The summed E-state index contributed by atoms with van der Waals surface area (Å²) < 4.78 is 14.5. The molecule has 0 bridgehead atoms. The Labute approximate surface area is 154 Å². The lowest BCUT2D eigenvalue weighted by Gasteiger charge is -2.20. The minimum Gasteiger partial charge on any atom is -0.323 e. The van der Waals surface area contributed by atoms with E-state index < -0.39 is 11.7 Å². The van der Waals surface area contributed by atoms with Gasteiger partial charge in [-0.25, -0.2) is 4.39 Å². The first kappa shape index (κ1) is 17.6. The molecule has 4 nitrogen and oxygen atoms in total. The lowest BCUT2D eigenvalue weighted by atomic mass is 10.1. The smallest absolute Gasteiger partial charge is 0.229 e. The number of amides is 2. The number of halogens is 2. The van der Waals surface area contributed by atoms with E-state index in [4.69, 9.17) is 0 Å². The van der Waals surface area contributed by atoms with Crippen molar-refractivity contribution in [3.63, 3.8) is 0 Å². The Kier molecular flexibility index (Phi) is 5.18. The molecule has 1 atom stereocenters. The minimum atomic E-state index is -0.514. The monoisotopic (exact) mass is 404 g/mol. The van der Waals surface area contributed by atoms with Crippen LogP contribution in [-0.4, -0.2) is 18.4 Å². The molecule has 2 amide bonds. The fourth-order valence-corrected chi connectivity index (χ4v) is 3.35. The number of aryl methyl sites for hydroxylation is 1. The van der Waals surface area contributed by atoms with E-state index in [0.717, 1.165) is 17.7 Å². The first-order valence-corrected chi connectivity index (χ1v) is 8.93. The normalized spacial score (nSPS) is 17.0. The van der Waals surface area contributed by atoms with Gasteiger partial charge in [0.1, 0.15) is 5.82 Å². The van der Waals surface area contributed by atoms with Gasteiger partial charge in [0.05, 0.1) is 11.6 Å². The highest BCUT2D eigenvalue weighted by Gasteiger charge is 2.36. The highest BCUT2D eigenvalue weighted by Crippen LogP contribution is 2.29. The van der Waals surface area contributed by atoms with Gasteiger partial charge in [-0.1, -0.05) is 41.1 Å². The predicted octanol–water partition coefficient (Wildman–Crippen LogP) is 4.14. The average molecular weight is 405 g/mol. The van der Waals surface area contributed by atoms with Gasteiger partial charge in [0.25, 0.3) is 0 Å². The first-order chi connectivity index (χ1) is 12.0. The Bertz CT molecular complexity index is 825. The molecule has 0 radical (unpaired) electrons. The number of anilines is 2. The molecule has 1 saturated heterocycles. The third kappa shape index (κ3) is 3.74. The van der Waals surface area contributed by atoms with Crippen molar-refractivity contribution in [2.24, 2.45) is 5.92 Å². The first-order valence-electron chi connectivity index (χ1n) is 8.13. The van der Waals surface area contributed by atoms with Crippen molar-refractivity contribution in [1.29, 1.82) is 0 Å². The van der Waals surface area contributed by atoms with Crippen LogP contribution in [0.3, 0.4) is 0 Å². The van der Waals surface area contributed by atoms with Crippen LogP contribution in [0.4, 0.5) is 15.8 Å². The number of carbonyl (C=O) groups is 2. The average Bonchev–Trinajstić information content (AvgIpc) is 2.99. The zero-order valence-electron chi connectivity index (χ0n) is 13.8. The summed E-state index contributed by atoms with van der Waals surface area (Å²) in [4.78, 5) is 26.5. The quantitative estimate of drug-likeness (QED) is 0.831. The van der Waals surface area contributed by atoms with Gasteiger partial charge < -0.3 is 10.2 Å². The number of benzene rings is 2. The molecule has 1 aliphatic heterocycles. The Hall–Kier alpha value is -2.21. The molecule has 0 aromatic heterocycles. The largest absolute Gasteiger partial charge is 0.323 e. The highest BCUT2D eigenvalue weighted by atomic mass is 79.9. The van der Waals surface area contributed by atoms with Gasteiger partial charge in [0.15, 0.2) is 0 Å². The van der Waals surface area contributed by atoms with Crippen LogP contribution in [0, 0.1) is 11.7 Å². The number of para-hydroxylation sites is 1. The summed E-state index contributed by atoms with van der Waals surface area (Å²) in [5.41, 5.74) is 2.03. The van der Waals surface area contributed by atoms with Crippen molar-refractivity contribution in [2.75, 3.05) is 16.8 Å². The second kappa shape index (κ2) is 7.35. The van der Waals surface area contributed by atoms with Crippen LogP contribution in [0.1, 0.15) is 18.9 Å².